The second-order valence-corrected chi connectivity index (χ2v) is 5.10. The lowest BCUT2D eigenvalue weighted by Crippen LogP contribution is -2.03. The van der Waals surface area contributed by atoms with Gasteiger partial charge in [-0.25, -0.2) is 4.98 Å². The maximum absolute atomic E-state index is 12.4. The first kappa shape index (κ1) is 13.9. The highest BCUT2D eigenvalue weighted by molar-refractivity contribution is 7.15. The van der Waals surface area contributed by atoms with Crippen LogP contribution in [0.1, 0.15) is 23.8 Å². The minimum atomic E-state index is -4.35. The van der Waals surface area contributed by atoms with Crippen molar-refractivity contribution in [3.05, 3.63) is 29.0 Å². The standard InChI is InChI=1S/C11H13F3N4S/c1-2-3-15-10-16-5-9(19-10)7-18-6-8(4-17-18)11(12,13)14/h4-6H,2-3,7H2,1H3,(H,15,16). The van der Waals surface area contributed by atoms with E-state index in [0.717, 1.165) is 35.4 Å². The molecule has 2 aromatic rings. The number of thiazole rings is 1. The predicted octanol–water partition coefficient (Wildman–Crippen LogP) is 3.23. The molecule has 0 spiro atoms. The number of nitrogens with one attached hydrogen (secondary N) is 1. The monoisotopic (exact) mass is 290 g/mol. The van der Waals surface area contributed by atoms with Crippen molar-refractivity contribution in [1.82, 2.24) is 14.8 Å². The van der Waals surface area contributed by atoms with Crippen LogP contribution in [0.4, 0.5) is 18.3 Å². The van der Waals surface area contributed by atoms with Gasteiger partial charge in [-0.3, -0.25) is 4.68 Å². The van der Waals surface area contributed by atoms with Crippen LogP contribution in [0.15, 0.2) is 18.6 Å². The van der Waals surface area contributed by atoms with Crippen LogP contribution in [0.25, 0.3) is 0 Å². The van der Waals surface area contributed by atoms with Crippen molar-refractivity contribution in [3.63, 3.8) is 0 Å². The summed E-state index contributed by atoms with van der Waals surface area (Å²) >= 11 is 1.42. The van der Waals surface area contributed by atoms with Gasteiger partial charge in [0.05, 0.1) is 18.3 Å². The van der Waals surface area contributed by atoms with Crippen molar-refractivity contribution in [3.8, 4) is 0 Å². The molecule has 1 N–H and O–H groups in total. The van der Waals surface area contributed by atoms with Gasteiger partial charge in [0, 0.05) is 23.8 Å². The molecule has 4 nitrogen and oxygen atoms in total. The third kappa shape index (κ3) is 3.69. The highest BCUT2D eigenvalue weighted by Crippen LogP contribution is 2.28. The highest BCUT2D eigenvalue weighted by Gasteiger charge is 2.32. The number of anilines is 1. The molecule has 2 aromatic heterocycles. The Balaban J connectivity index is 2.01. The Kier molecular flexibility index (Phi) is 4.08. The predicted molar refractivity (Wildman–Crippen MR) is 67.2 cm³/mol. The van der Waals surface area contributed by atoms with Crippen LogP contribution in [0, 0.1) is 0 Å². The van der Waals surface area contributed by atoms with E-state index < -0.39 is 11.7 Å². The van der Waals surface area contributed by atoms with Crippen molar-refractivity contribution in [1.29, 1.82) is 0 Å². The molecule has 0 aliphatic heterocycles. The fourth-order valence-electron chi connectivity index (χ4n) is 1.45. The molecular formula is C11H13F3N4S. The SMILES string of the molecule is CCCNc1ncc(Cn2cc(C(F)(F)F)cn2)s1. The molecule has 19 heavy (non-hydrogen) atoms. The average molecular weight is 290 g/mol. The molecule has 0 aromatic carbocycles. The zero-order valence-corrected chi connectivity index (χ0v) is 11.1. The maximum atomic E-state index is 12.4. The Morgan fingerprint density at radius 3 is 2.79 bits per heavy atom. The van der Waals surface area contributed by atoms with Crippen LogP contribution >= 0.6 is 11.3 Å². The van der Waals surface area contributed by atoms with Crippen LogP contribution in [-0.4, -0.2) is 21.3 Å². The van der Waals surface area contributed by atoms with E-state index in [1.807, 2.05) is 6.92 Å². The third-order valence-corrected chi connectivity index (χ3v) is 3.30. The van der Waals surface area contributed by atoms with E-state index in [-0.39, 0.29) is 0 Å². The Morgan fingerprint density at radius 2 is 2.16 bits per heavy atom. The van der Waals surface area contributed by atoms with E-state index in [9.17, 15) is 13.2 Å². The van der Waals surface area contributed by atoms with Gasteiger partial charge < -0.3 is 5.32 Å². The Hall–Kier alpha value is -1.57. The molecule has 0 aliphatic carbocycles. The van der Waals surface area contributed by atoms with Gasteiger partial charge in [0.15, 0.2) is 5.13 Å². The molecular weight excluding hydrogens is 277 g/mol. The quantitative estimate of drug-likeness (QED) is 0.919. The van der Waals surface area contributed by atoms with E-state index in [1.165, 1.54) is 16.0 Å². The molecule has 0 amide bonds. The lowest BCUT2D eigenvalue weighted by molar-refractivity contribution is -0.137. The number of hydrogen-bond donors (Lipinski definition) is 1. The first-order valence-electron chi connectivity index (χ1n) is 5.77. The molecule has 0 atom stereocenters. The van der Waals surface area contributed by atoms with Crippen LogP contribution in [0.2, 0.25) is 0 Å². The lowest BCUT2D eigenvalue weighted by Gasteiger charge is -2.01. The summed E-state index contributed by atoms with van der Waals surface area (Å²) in [6, 6.07) is 0. The molecule has 8 heteroatoms. The van der Waals surface area contributed by atoms with Crippen molar-refractivity contribution in [2.45, 2.75) is 26.1 Å². The molecule has 0 aliphatic rings. The van der Waals surface area contributed by atoms with Gasteiger partial charge in [0.2, 0.25) is 0 Å². The summed E-state index contributed by atoms with van der Waals surface area (Å²) in [7, 11) is 0. The fraction of sp³-hybridized carbons (Fsp3) is 0.455. The van der Waals surface area contributed by atoms with E-state index in [1.54, 1.807) is 6.20 Å². The van der Waals surface area contributed by atoms with E-state index >= 15 is 0 Å². The van der Waals surface area contributed by atoms with E-state index in [0.29, 0.717) is 6.54 Å². The molecule has 0 radical (unpaired) electrons. The first-order valence-corrected chi connectivity index (χ1v) is 6.59. The number of nitrogens with zero attached hydrogens (tertiary/aromatic N) is 3. The minimum Gasteiger partial charge on any atom is -0.362 e. The van der Waals surface area contributed by atoms with Crippen molar-refractivity contribution in [2.24, 2.45) is 0 Å². The topological polar surface area (TPSA) is 42.7 Å². The molecule has 104 valence electrons. The molecule has 0 saturated carbocycles. The van der Waals surface area contributed by atoms with Gasteiger partial charge >= 0.3 is 6.18 Å². The summed E-state index contributed by atoms with van der Waals surface area (Å²) in [6.45, 7) is 3.17. The lowest BCUT2D eigenvalue weighted by atomic mass is 10.4. The van der Waals surface area contributed by atoms with Gasteiger partial charge in [-0.05, 0) is 6.42 Å². The smallest absolute Gasteiger partial charge is 0.362 e. The number of aromatic nitrogens is 3. The van der Waals surface area contributed by atoms with Crippen molar-refractivity contribution < 1.29 is 13.2 Å². The Morgan fingerprint density at radius 1 is 1.37 bits per heavy atom. The van der Waals surface area contributed by atoms with Gasteiger partial charge in [0.1, 0.15) is 0 Å². The minimum absolute atomic E-state index is 0.293. The average Bonchev–Trinajstić information content (AvgIpc) is 2.95. The molecule has 0 fully saturated rings. The Labute approximate surface area is 112 Å². The normalized spacial score (nSPS) is 11.8. The van der Waals surface area contributed by atoms with Crippen molar-refractivity contribution >= 4 is 16.5 Å². The maximum Gasteiger partial charge on any atom is 0.419 e. The second-order valence-electron chi connectivity index (χ2n) is 3.98. The van der Waals surface area contributed by atoms with Gasteiger partial charge in [0.25, 0.3) is 0 Å². The zero-order chi connectivity index (χ0) is 13.9. The molecule has 2 rings (SSSR count). The zero-order valence-electron chi connectivity index (χ0n) is 10.2. The number of rotatable bonds is 5. The molecule has 0 saturated heterocycles. The van der Waals surface area contributed by atoms with E-state index in [2.05, 4.69) is 15.4 Å². The van der Waals surface area contributed by atoms with E-state index in [4.69, 9.17) is 0 Å². The van der Waals surface area contributed by atoms with Crippen LogP contribution in [-0.2, 0) is 12.7 Å². The number of alkyl halides is 3. The highest BCUT2D eigenvalue weighted by atomic mass is 32.1. The summed E-state index contributed by atoms with van der Waals surface area (Å²) in [5.41, 5.74) is -0.735. The van der Waals surface area contributed by atoms with Crippen LogP contribution in [0.3, 0.4) is 0 Å². The summed E-state index contributed by atoms with van der Waals surface area (Å²) in [6.07, 6.45) is 0.122. The largest absolute Gasteiger partial charge is 0.419 e. The Bertz CT molecular complexity index is 532. The van der Waals surface area contributed by atoms with Gasteiger partial charge in [-0.2, -0.15) is 18.3 Å². The summed E-state index contributed by atoms with van der Waals surface area (Å²) < 4.78 is 38.5. The first-order chi connectivity index (χ1) is 8.99. The summed E-state index contributed by atoms with van der Waals surface area (Å²) in [5.74, 6) is 0. The van der Waals surface area contributed by atoms with Gasteiger partial charge in [-0.15, -0.1) is 11.3 Å². The van der Waals surface area contributed by atoms with Gasteiger partial charge in [-0.1, -0.05) is 6.92 Å². The number of halogens is 3. The van der Waals surface area contributed by atoms with Crippen molar-refractivity contribution in [2.75, 3.05) is 11.9 Å². The van der Waals surface area contributed by atoms with Crippen LogP contribution in [0.5, 0.6) is 0 Å². The molecule has 2 heterocycles. The third-order valence-electron chi connectivity index (χ3n) is 2.36. The van der Waals surface area contributed by atoms with Crippen LogP contribution < -0.4 is 5.32 Å². The summed E-state index contributed by atoms with van der Waals surface area (Å²) in [5, 5.41) is 7.61. The second kappa shape index (κ2) is 5.60. The summed E-state index contributed by atoms with van der Waals surface area (Å²) in [4.78, 5) is 5.01. The number of hydrogen-bond acceptors (Lipinski definition) is 4. The molecule has 0 bridgehead atoms. The molecule has 0 unspecified atom stereocenters. The fourth-order valence-corrected chi connectivity index (χ4v) is 2.28.